The topological polar surface area (TPSA) is 46.2 Å². The number of aryl methyl sites for hydroxylation is 1. The molecule has 2 aromatic carbocycles. The number of Topliss-reactive ketones (excluding diaryl/α,β-unsaturated/α-hetero) is 1. The summed E-state index contributed by atoms with van der Waals surface area (Å²) in [4.78, 5) is 25.4. The maximum atomic E-state index is 13.0. The van der Waals surface area contributed by atoms with Crippen molar-refractivity contribution in [2.75, 3.05) is 0 Å². The van der Waals surface area contributed by atoms with Crippen molar-refractivity contribution in [3.8, 4) is 0 Å². The smallest absolute Gasteiger partial charge is 0.225 e. The van der Waals surface area contributed by atoms with E-state index in [0.29, 0.717) is 24.3 Å². The van der Waals surface area contributed by atoms with Gasteiger partial charge in [0.15, 0.2) is 5.78 Å². The summed E-state index contributed by atoms with van der Waals surface area (Å²) < 4.78 is 0. The highest BCUT2D eigenvalue weighted by Gasteiger charge is 2.38. The van der Waals surface area contributed by atoms with Crippen molar-refractivity contribution in [1.29, 1.82) is 0 Å². The highest BCUT2D eigenvalue weighted by Crippen LogP contribution is 2.43. The molecule has 1 N–H and O–H groups in total. The van der Waals surface area contributed by atoms with Crippen LogP contribution in [0.15, 0.2) is 59.8 Å². The fourth-order valence-electron chi connectivity index (χ4n) is 4.16. The van der Waals surface area contributed by atoms with Gasteiger partial charge in [0.2, 0.25) is 5.91 Å². The molecule has 0 radical (unpaired) electrons. The number of amides is 1. The van der Waals surface area contributed by atoms with Gasteiger partial charge in [-0.05, 0) is 36.5 Å². The lowest BCUT2D eigenvalue weighted by atomic mass is 9.73. The normalized spacial score (nSPS) is 22.8. The minimum atomic E-state index is -0.154. The van der Waals surface area contributed by atoms with Gasteiger partial charge in [0, 0.05) is 35.1 Å². The Balaban J connectivity index is 1.74. The van der Waals surface area contributed by atoms with Gasteiger partial charge in [0.05, 0.1) is 0 Å². The van der Waals surface area contributed by atoms with Crippen LogP contribution in [-0.2, 0) is 9.59 Å². The van der Waals surface area contributed by atoms with E-state index in [0.717, 1.165) is 28.0 Å². The van der Waals surface area contributed by atoms with Crippen molar-refractivity contribution >= 4 is 23.3 Å². The van der Waals surface area contributed by atoms with Crippen LogP contribution in [0.1, 0.15) is 47.8 Å². The van der Waals surface area contributed by atoms with Gasteiger partial charge >= 0.3 is 0 Å². The molecule has 4 heteroatoms. The van der Waals surface area contributed by atoms with E-state index in [1.165, 1.54) is 0 Å². The zero-order chi connectivity index (χ0) is 18.3. The molecule has 0 spiro atoms. The number of hydrogen-bond donors (Lipinski definition) is 1. The van der Waals surface area contributed by atoms with Gasteiger partial charge in [-0.3, -0.25) is 9.59 Å². The van der Waals surface area contributed by atoms with Gasteiger partial charge in [-0.1, -0.05) is 59.6 Å². The molecule has 26 heavy (non-hydrogen) atoms. The lowest BCUT2D eigenvalue weighted by Crippen LogP contribution is -2.38. The summed E-state index contributed by atoms with van der Waals surface area (Å²) in [7, 11) is 0. The van der Waals surface area contributed by atoms with E-state index in [-0.39, 0.29) is 23.5 Å². The third-order valence-electron chi connectivity index (χ3n) is 5.33. The highest BCUT2D eigenvalue weighted by molar-refractivity contribution is 6.31. The van der Waals surface area contributed by atoms with E-state index in [4.69, 9.17) is 11.6 Å². The standard InChI is InChI=1S/C22H20ClNO2/c1-13-5-4-6-14(9-13)17-12-21(26)24-19-10-15(11-20(25)22(17)19)16-7-2-3-8-18(16)23/h2-9,15,17H,10-12H2,1H3,(H,24,26)/t15-,17-/m1/s1. The maximum Gasteiger partial charge on any atom is 0.225 e. The molecule has 3 nitrogen and oxygen atoms in total. The predicted octanol–water partition coefficient (Wildman–Crippen LogP) is 4.65. The second-order valence-electron chi connectivity index (χ2n) is 7.16. The van der Waals surface area contributed by atoms with Crippen LogP contribution in [0, 0.1) is 6.92 Å². The zero-order valence-corrected chi connectivity index (χ0v) is 15.3. The molecule has 1 aliphatic heterocycles. The van der Waals surface area contributed by atoms with Crippen molar-refractivity contribution in [2.45, 2.75) is 38.0 Å². The molecule has 1 aliphatic carbocycles. The molecule has 2 aromatic rings. The number of carbonyl (C=O) groups is 2. The molecular formula is C22H20ClNO2. The van der Waals surface area contributed by atoms with Crippen LogP contribution in [0.5, 0.6) is 0 Å². The number of benzene rings is 2. The Kier molecular flexibility index (Phi) is 4.41. The SMILES string of the molecule is Cc1cccc([C@H]2CC(=O)NC3=C2C(=O)C[C@H](c2ccccc2Cl)C3)c1. The first kappa shape index (κ1) is 17.0. The van der Waals surface area contributed by atoms with Crippen molar-refractivity contribution in [3.05, 3.63) is 81.5 Å². The number of hydrogen-bond acceptors (Lipinski definition) is 2. The molecule has 0 bridgehead atoms. The number of allylic oxidation sites excluding steroid dienone is 2. The quantitative estimate of drug-likeness (QED) is 0.841. The molecular weight excluding hydrogens is 346 g/mol. The van der Waals surface area contributed by atoms with Crippen molar-refractivity contribution in [3.63, 3.8) is 0 Å². The summed E-state index contributed by atoms with van der Waals surface area (Å²) >= 11 is 6.34. The van der Waals surface area contributed by atoms with Crippen LogP contribution in [0.2, 0.25) is 5.02 Å². The number of rotatable bonds is 2. The molecule has 1 heterocycles. The maximum absolute atomic E-state index is 13.0. The molecule has 0 aromatic heterocycles. The van der Waals surface area contributed by atoms with Crippen molar-refractivity contribution in [2.24, 2.45) is 0 Å². The van der Waals surface area contributed by atoms with Crippen LogP contribution in [0.3, 0.4) is 0 Å². The van der Waals surface area contributed by atoms with Crippen LogP contribution in [0.25, 0.3) is 0 Å². The number of halogens is 1. The molecule has 1 amide bonds. The third-order valence-corrected chi connectivity index (χ3v) is 5.67. The van der Waals surface area contributed by atoms with Crippen LogP contribution < -0.4 is 5.32 Å². The number of nitrogens with one attached hydrogen (secondary N) is 1. The van der Waals surface area contributed by atoms with Crippen LogP contribution in [-0.4, -0.2) is 11.7 Å². The summed E-state index contributed by atoms with van der Waals surface area (Å²) in [5.41, 5.74) is 4.69. The molecule has 0 saturated carbocycles. The van der Waals surface area contributed by atoms with E-state index in [2.05, 4.69) is 11.4 Å². The van der Waals surface area contributed by atoms with Crippen molar-refractivity contribution in [1.82, 2.24) is 5.32 Å². The molecule has 2 aliphatic rings. The largest absolute Gasteiger partial charge is 0.329 e. The van der Waals surface area contributed by atoms with Gasteiger partial charge < -0.3 is 5.32 Å². The Hall–Kier alpha value is -2.39. The Morgan fingerprint density at radius 2 is 1.81 bits per heavy atom. The van der Waals surface area contributed by atoms with E-state index in [1.54, 1.807) is 0 Å². The monoisotopic (exact) mass is 365 g/mol. The Labute approximate surface area is 158 Å². The highest BCUT2D eigenvalue weighted by atomic mass is 35.5. The molecule has 0 fully saturated rings. The van der Waals surface area contributed by atoms with Gasteiger partial charge in [0.25, 0.3) is 0 Å². The average Bonchev–Trinajstić information content (AvgIpc) is 2.61. The van der Waals surface area contributed by atoms with Crippen LogP contribution >= 0.6 is 11.6 Å². The van der Waals surface area contributed by atoms with Crippen LogP contribution in [0.4, 0.5) is 0 Å². The summed E-state index contributed by atoms with van der Waals surface area (Å²) in [5.74, 6) is -0.0598. The molecule has 132 valence electrons. The third kappa shape index (κ3) is 3.08. The zero-order valence-electron chi connectivity index (χ0n) is 14.6. The summed E-state index contributed by atoms with van der Waals surface area (Å²) in [6.45, 7) is 2.03. The van der Waals surface area contributed by atoms with E-state index in [1.807, 2.05) is 49.4 Å². The first-order valence-corrected chi connectivity index (χ1v) is 9.28. The molecule has 0 unspecified atom stereocenters. The lowest BCUT2D eigenvalue weighted by Gasteiger charge is -2.34. The summed E-state index contributed by atoms with van der Waals surface area (Å²) in [6.07, 6.45) is 1.39. The van der Waals surface area contributed by atoms with E-state index >= 15 is 0 Å². The van der Waals surface area contributed by atoms with E-state index < -0.39 is 0 Å². The molecule has 4 rings (SSSR count). The van der Waals surface area contributed by atoms with Crippen molar-refractivity contribution < 1.29 is 9.59 Å². The van der Waals surface area contributed by atoms with Gasteiger partial charge in [-0.2, -0.15) is 0 Å². The molecule has 0 saturated heterocycles. The fraction of sp³-hybridized carbons (Fsp3) is 0.273. The van der Waals surface area contributed by atoms with Gasteiger partial charge in [-0.25, -0.2) is 0 Å². The Morgan fingerprint density at radius 1 is 1.00 bits per heavy atom. The Bertz CT molecular complexity index is 931. The molecule has 2 atom stereocenters. The Morgan fingerprint density at radius 3 is 2.58 bits per heavy atom. The number of carbonyl (C=O) groups excluding carboxylic acids is 2. The second-order valence-corrected chi connectivity index (χ2v) is 7.57. The summed E-state index contributed by atoms with van der Waals surface area (Å²) in [6, 6.07) is 15.7. The van der Waals surface area contributed by atoms with Gasteiger partial charge in [0.1, 0.15) is 0 Å². The fourth-order valence-corrected chi connectivity index (χ4v) is 4.45. The number of ketones is 1. The predicted molar refractivity (Wildman–Crippen MR) is 102 cm³/mol. The summed E-state index contributed by atoms with van der Waals surface area (Å²) in [5, 5.41) is 3.63. The van der Waals surface area contributed by atoms with E-state index in [9.17, 15) is 9.59 Å². The first-order chi connectivity index (χ1) is 12.5. The first-order valence-electron chi connectivity index (χ1n) is 8.90. The van der Waals surface area contributed by atoms with Gasteiger partial charge in [-0.15, -0.1) is 0 Å². The minimum Gasteiger partial charge on any atom is -0.329 e. The second kappa shape index (κ2) is 6.73. The minimum absolute atomic E-state index is 0.00603. The lowest BCUT2D eigenvalue weighted by molar-refractivity contribution is -0.122. The average molecular weight is 366 g/mol.